The predicted molar refractivity (Wildman–Crippen MR) is 73.8 cm³/mol. The van der Waals surface area contributed by atoms with Crippen LogP contribution in [0.1, 0.15) is 31.9 Å². The van der Waals surface area contributed by atoms with Crippen molar-refractivity contribution < 1.29 is 10.2 Å². The summed E-state index contributed by atoms with van der Waals surface area (Å²) in [7, 11) is 0. The van der Waals surface area contributed by atoms with Gasteiger partial charge in [0.15, 0.2) is 0 Å². The van der Waals surface area contributed by atoms with Crippen LogP contribution < -0.4 is 5.32 Å². The summed E-state index contributed by atoms with van der Waals surface area (Å²) < 4.78 is 0. The first-order chi connectivity index (χ1) is 8.10. The first-order valence-corrected chi connectivity index (χ1v) is 7.25. The highest BCUT2D eigenvalue weighted by atomic mass is 32.2. The third-order valence-electron chi connectivity index (χ3n) is 2.84. The zero-order valence-electron chi connectivity index (χ0n) is 10.6. The fourth-order valence-corrected chi connectivity index (χ4v) is 2.64. The van der Waals surface area contributed by atoms with E-state index in [1.807, 2.05) is 6.92 Å². The monoisotopic (exact) mass is 255 g/mol. The molecule has 0 saturated heterocycles. The van der Waals surface area contributed by atoms with Crippen LogP contribution in [-0.4, -0.2) is 28.3 Å². The van der Waals surface area contributed by atoms with Crippen molar-refractivity contribution in [1.29, 1.82) is 0 Å². The second-order valence-electron chi connectivity index (χ2n) is 4.16. The van der Waals surface area contributed by atoms with Crippen LogP contribution in [0, 0.1) is 0 Å². The molecule has 0 aliphatic carbocycles. The number of nitrogens with one attached hydrogen (secondary N) is 1. The Hall–Kier alpha value is -0.870. The third-order valence-corrected chi connectivity index (χ3v) is 3.58. The van der Waals surface area contributed by atoms with Crippen molar-refractivity contribution in [2.45, 2.75) is 32.4 Å². The third kappa shape index (κ3) is 3.82. The minimum atomic E-state index is -0.0618. The Labute approximate surface area is 107 Å². The Morgan fingerprint density at radius 3 is 2.35 bits per heavy atom. The molecule has 0 amide bonds. The molecule has 3 N–H and O–H groups in total. The molecule has 0 heterocycles. The molecular formula is C13H21NO2S. The van der Waals surface area contributed by atoms with E-state index < -0.39 is 0 Å². The van der Waals surface area contributed by atoms with Gasteiger partial charge in [0.2, 0.25) is 0 Å². The van der Waals surface area contributed by atoms with E-state index in [9.17, 15) is 10.2 Å². The predicted octanol–water partition coefficient (Wildman–Crippen LogP) is 2.89. The van der Waals surface area contributed by atoms with Crippen LogP contribution in [0.25, 0.3) is 0 Å². The second-order valence-corrected chi connectivity index (χ2v) is 5.07. The summed E-state index contributed by atoms with van der Waals surface area (Å²) in [5.41, 5.74) is 0.576. The fourth-order valence-electron chi connectivity index (χ4n) is 1.91. The molecule has 0 bridgehead atoms. The van der Waals surface area contributed by atoms with Crippen LogP contribution in [0.4, 0.5) is 0 Å². The Bertz CT molecular complexity index is 337. The molecule has 0 fully saturated rings. The highest BCUT2D eigenvalue weighted by Crippen LogP contribution is 2.32. The van der Waals surface area contributed by atoms with Gasteiger partial charge in [-0.1, -0.05) is 13.0 Å². The minimum Gasteiger partial charge on any atom is -0.507 e. The number of benzene rings is 1. The van der Waals surface area contributed by atoms with Gasteiger partial charge in [-0.15, -0.1) is 0 Å². The first-order valence-electron chi connectivity index (χ1n) is 5.86. The summed E-state index contributed by atoms with van der Waals surface area (Å²) in [5, 5.41) is 23.0. The minimum absolute atomic E-state index is 0.0618. The molecule has 1 aromatic rings. The molecule has 0 saturated carbocycles. The number of hydrogen-bond acceptors (Lipinski definition) is 4. The van der Waals surface area contributed by atoms with Gasteiger partial charge < -0.3 is 15.5 Å². The number of phenolic OH excluding ortho intramolecular Hbond substituents is 2. The molecule has 0 aromatic heterocycles. The van der Waals surface area contributed by atoms with Crippen LogP contribution >= 0.6 is 11.8 Å². The van der Waals surface area contributed by atoms with Crippen molar-refractivity contribution in [2.75, 3.05) is 12.0 Å². The number of rotatable bonds is 6. The molecule has 1 aromatic carbocycles. The zero-order valence-corrected chi connectivity index (χ0v) is 11.4. The van der Waals surface area contributed by atoms with E-state index in [4.69, 9.17) is 0 Å². The van der Waals surface area contributed by atoms with Gasteiger partial charge in [0.05, 0.1) is 5.56 Å². The highest BCUT2D eigenvalue weighted by molar-refractivity contribution is 7.98. The largest absolute Gasteiger partial charge is 0.507 e. The molecule has 0 aliphatic rings. The zero-order chi connectivity index (χ0) is 12.8. The SMILES string of the molecule is CCC(CSC)NC(C)c1c(O)cccc1O. The van der Waals surface area contributed by atoms with Crippen molar-refractivity contribution in [3.05, 3.63) is 23.8 Å². The highest BCUT2D eigenvalue weighted by Gasteiger charge is 2.17. The van der Waals surface area contributed by atoms with Crippen molar-refractivity contribution in [3.63, 3.8) is 0 Å². The Balaban J connectivity index is 2.78. The van der Waals surface area contributed by atoms with Gasteiger partial charge in [-0.3, -0.25) is 0 Å². The number of hydrogen-bond donors (Lipinski definition) is 3. The molecule has 3 nitrogen and oxygen atoms in total. The van der Waals surface area contributed by atoms with E-state index in [-0.39, 0.29) is 17.5 Å². The van der Waals surface area contributed by atoms with Gasteiger partial charge in [0, 0.05) is 17.8 Å². The maximum Gasteiger partial charge on any atom is 0.124 e. The topological polar surface area (TPSA) is 52.5 Å². The smallest absolute Gasteiger partial charge is 0.124 e. The molecule has 96 valence electrons. The molecule has 1 rings (SSSR count). The van der Waals surface area contributed by atoms with Gasteiger partial charge in [-0.25, -0.2) is 0 Å². The molecule has 0 spiro atoms. The van der Waals surface area contributed by atoms with Gasteiger partial charge in [0.1, 0.15) is 11.5 Å². The van der Waals surface area contributed by atoms with Crippen molar-refractivity contribution >= 4 is 11.8 Å². The summed E-state index contributed by atoms with van der Waals surface area (Å²) in [6.07, 6.45) is 3.10. The van der Waals surface area contributed by atoms with Gasteiger partial charge >= 0.3 is 0 Å². The van der Waals surface area contributed by atoms with Crippen LogP contribution in [0.2, 0.25) is 0 Å². The van der Waals surface area contributed by atoms with E-state index in [0.29, 0.717) is 11.6 Å². The Morgan fingerprint density at radius 2 is 1.88 bits per heavy atom. The molecule has 0 aliphatic heterocycles. The maximum atomic E-state index is 9.77. The molecule has 4 heteroatoms. The van der Waals surface area contributed by atoms with E-state index in [1.54, 1.807) is 30.0 Å². The average molecular weight is 255 g/mol. The van der Waals surface area contributed by atoms with Crippen molar-refractivity contribution in [3.8, 4) is 11.5 Å². The first kappa shape index (κ1) is 14.2. The lowest BCUT2D eigenvalue weighted by Crippen LogP contribution is -2.33. The number of aromatic hydroxyl groups is 2. The van der Waals surface area contributed by atoms with Crippen molar-refractivity contribution in [2.24, 2.45) is 0 Å². The van der Waals surface area contributed by atoms with Crippen LogP contribution in [0.3, 0.4) is 0 Å². The Morgan fingerprint density at radius 1 is 1.29 bits per heavy atom. The lowest BCUT2D eigenvalue weighted by Gasteiger charge is -2.23. The Kier molecular flexibility index (Phi) is 5.65. The standard InChI is InChI=1S/C13H21NO2S/c1-4-10(8-17-3)14-9(2)13-11(15)6-5-7-12(13)16/h5-7,9-10,14-16H,4,8H2,1-3H3. The molecule has 2 unspecified atom stereocenters. The van der Waals surface area contributed by atoms with Gasteiger partial charge in [-0.05, 0) is 31.7 Å². The van der Waals surface area contributed by atoms with Crippen molar-refractivity contribution in [1.82, 2.24) is 5.32 Å². The maximum absolute atomic E-state index is 9.77. The van der Waals surface area contributed by atoms with E-state index in [1.165, 1.54) is 0 Å². The summed E-state index contributed by atoms with van der Waals surface area (Å²) in [5.74, 6) is 1.31. The lowest BCUT2D eigenvalue weighted by molar-refractivity contribution is 0.403. The quantitative estimate of drug-likeness (QED) is 0.731. The molecule has 0 radical (unpaired) electrons. The summed E-state index contributed by atoms with van der Waals surface area (Å²) >= 11 is 1.79. The average Bonchev–Trinajstić information content (AvgIpc) is 2.28. The fraction of sp³-hybridized carbons (Fsp3) is 0.538. The molecule has 17 heavy (non-hydrogen) atoms. The molecular weight excluding hydrogens is 234 g/mol. The summed E-state index contributed by atoms with van der Waals surface area (Å²) in [6.45, 7) is 4.09. The normalized spacial score (nSPS) is 14.5. The summed E-state index contributed by atoms with van der Waals surface area (Å²) in [4.78, 5) is 0. The summed E-state index contributed by atoms with van der Waals surface area (Å²) in [6, 6.07) is 5.17. The number of phenols is 2. The van der Waals surface area contributed by atoms with E-state index in [2.05, 4.69) is 18.5 Å². The second kappa shape index (κ2) is 6.77. The van der Waals surface area contributed by atoms with Crippen LogP contribution in [0.15, 0.2) is 18.2 Å². The van der Waals surface area contributed by atoms with Crippen LogP contribution in [0.5, 0.6) is 11.5 Å². The lowest BCUT2D eigenvalue weighted by atomic mass is 10.0. The van der Waals surface area contributed by atoms with Crippen LogP contribution in [-0.2, 0) is 0 Å². The van der Waals surface area contributed by atoms with E-state index in [0.717, 1.165) is 12.2 Å². The van der Waals surface area contributed by atoms with Gasteiger partial charge in [0.25, 0.3) is 0 Å². The van der Waals surface area contributed by atoms with E-state index >= 15 is 0 Å². The number of thioether (sulfide) groups is 1. The van der Waals surface area contributed by atoms with Gasteiger partial charge in [-0.2, -0.15) is 11.8 Å². The molecule has 2 atom stereocenters.